The van der Waals surface area contributed by atoms with Crippen LogP contribution in [0.4, 0.5) is 0 Å². The number of carbonyl (C=O) groups excluding carboxylic acids is 1. The molecule has 1 amide bonds. The maximum atomic E-state index is 12.4. The quantitative estimate of drug-likeness (QED) is 0.551. The minimum Gasteiger partial charge on any atom is -0.490 e. The fraction of sp³-hybridized carbons (Fsp3) is 0.316. The number of ether oxygens (including phenoxy) is 3. The van der Waals surface area contributed by atoms with Crippen LogP contribution in [0.25, 0.3) is 0 Å². The first kappa shape index (κ1) is 19.2. The largest absolute Gasteiger partial charge is 0.490 e. The van der Waals surface area contributed by atoms with Crippen molar-refractivity contribution in [1.82, 2.24) is 10.4 Å². The Morgan fingerprint density at radius 1 is 1.04 bits per heavy atom. The number of benzene rings is 1. The fourth-order valence-corrected chi connectivity index (χ4v) is 2.20. The molecule has 0 bridgehead atoms. The Bertz CT molecular complexity index is 721. The standard InChI is InChI=1S/C19H23N3O4/c1-4-24-16-11-15(12-17(25-5-2)18(16)26-6-3)19(23)22-21-13-14-7-9-20-10-8-14/h7-13H,4-6H2,1-3H3,(H,22,23). The monoisotopic (exact) mass is 357 g/mol. The molecule has 1 N–H and O–H groups in total. The second kappa shape index (κ2) is 10.0. The number of hydrogen-bond donors (Lipinski definition) is 1. The number of amides is 1. The normalized spacial score (nSPS) is 10.6. The lowest BCUT2D eigenvalue weighted by Crippen LogP contribution is -2.18. The lowest BCUT2D eigenvalue weighted by molar-refractivity contribution is 0.0954. The Kier molecular flexibility index (Phi) is 7.42. The summed E-state index contributed by atoms with van der Waals surface area (Å²) in [5, 5.41) is 3.96. The number of carbonyl (C=O) groups is 1. The third-order valence-corrected chi connectivity index (χ3v) is 3.26. The highest BCUT2D eigenvalue weighted by atomic mass is 16.5. The van der Waals surface area contributed by atoms with Crippen LogP contribution in [0, 0.1) is 0 Å². The highest BCUT2D eigenvalue weighted by Gasteiger charge is 2.18. The van der Waals surface area contributed by atoms with Gasteiger partial charge in [-0.3, -0.25) is 9.78 Å². The van der Waals surface area contributed by atoms with Gasteiger partial charge < -0.3 is 14.2 Å². The Balaban J connectivity index is 2.23. The van der Waals surface area contributed by atoms with Crippen molar-refractivity contribution < 1.29 is 19.0 Å². The summed E-state index contributed by atoms with van der Waals surface area (Å²) >= 11 is 0. The molecule has 0 aliphatic rings. The number of pyridine rings is 1. The third kappa shape index (κ3) is 5.20. The second-order valence-electron chi connectivity index (χ2n) is 5.08. The van der Waals surface area contributed by atoms with Crippen molar-refractivity contribution in [2.45, 2.75) is 20.8 Å². The molecule has 0 aliphatic carbocycles. The van der Waals surface area contributed by atoms with Crippen molar-refractivity contribution >= 4 is 12.1 Å². The molecule has 0 aliphatic heterocycles. The maximum Gasteiger partial charge on any atom is 0.271 e. The Morgan fingerprint density at radius 2 is 1.62 bits per heavy atom. The number of nitrogens with zero attached hydrogens (tertiary/aromatic N) is 2. The van der Waals surface area contributed by atoms with E-state index in [-0.39, 0.29) is 5.91 Å². The van der Waals surface area contributed by atoms with E-state index in [0.717, 1.165) is 5.56 Å². The van der Waals surface area contributed by atoms with Gasteiger partial charge in [-0.05, 0) is 50.6 Å². The van der Waals surface area contributed by atoms with E-state index in [1.165, 1.54) is 0 Å². The molecule has 0 atom stereocenters. The molecule has 0 unspecified atom stereocenters. The van der Waals surface area contributed by atoms with Crippen molar-refractivity contribution in [3.63, 3.8) is 0 Å². The van der Waals surface area contributed by atoms with Gasteiger partial charge in [-0.2, -0.15) is 5.10 Å². The zero-order valence-corrected chi connectivity index (χ0v) is 15.2. The molecule has 138 valence electrons. The molecule has 0 saturated carbocycles. The van der Waals surface area contributed by atoms with E-state index >= 15 is 0 Å². The van der Waals surface area contributed by atoms with Gasteiger partial charge in [-0.25, -0.2) is 5.43 Å². The molecule has 1 heterocycles. The molecule has 0 saturated heterocycles. The molecule has 0 fully saturated rings. The van der Waals surface area contributed by atoms with E-state index in [0.29, 0.717) is 42.6 Å². The van der Waals surface area contributed by atoms with E-state index < -0.39 is 0 Å². The van der Waals surface area contributed by atoms with Crippen molar-refractivity contribution in [2.75, 3.05) is 19.8 Å². The molecule has 0 radical (unpaired) electrons. The second-order valence-corrected chi connectivity index (χ2v) is 5.08. The molecule has 26 heavy (non-hydrogen) atoms. The highest BCUT2D eigenvalue weighted by Crippen LogP contribution is 2.39. The van der Waals surface area contributed by atoms with E-state index in [9.17, 15) is 4.79 Å². The van der Waals surface area contributed by atoms with Crippen LogP contribution in [-0.2, 0) is 0 Å². The lowest BCUT2D eigenvalue weighted by Gasteiger charge is -2.16. The zero-order chi connectivity index (χ0) is 18.8. The summed E-state index contributed by atoms with van der Waals surface area (Å²) in [5.41, 5.74) is 3.69. The van der Waals surface area contributed by atoms with E-state index in [1.807, 2.05) is 20.8 Å². The smallest absolute Gasteiger partial charge is 0.271 e. The molecule has 1 aromatic carbocycles. The summed E-state index contributed by atoms with van der Waals surface area (Å²) in [5.74, 6) is 1.04. The predicted octanol–water partition coefficient (Wildman–Crippen LogP) is 3.04. The minimum absolute atomic E-state index is 0.368. The van der Waals surface area contributed by atoms with Gasteiger partial charge in [0.25, 0.3) is 5.91 Å². The van der Waals surface area contributed by atoms with Gasteiger partial charge >= 0.3 is 0 Å². The third-order valence-electron chi connectivity index (χ3n) is 3.26. The van der Waals surface area contributed by atoms with Crippen LogP contribution in [0.5, 0.6) is 17.2 Å². The Hall–Kier alpha value is -3.09. The van der Waals surface area contributed by atoms with Gasteiger partial charge in [-0.1, -0.05) is 0 Å². The van der Waals surface area contributed by atoms with Gasteiger partial charge in [0.15, 0.2) is 11.5 Å². The molecular weight excluding hydrogens is 334 g/mol. The minimum atomic E-state index is -0.375. The summed E-state index contributed by atoms with van der Waals surface area (Å²) in [4.78, 5) is 16.4. The molecule has 1 aromatic heterocycles. The average molecular weight is 357 g/mol. The van der Waals surface area contributed by atoms with Crippen molar-refractivity contribution in [3.05, 3.63) is 47.8 Å². The number of nitrogens with one attached hydrogen (secondary N) is 1. The summed E-state index contributed by atoms with van der Waals surface area (Å²) in [7, 11) is 0. The maximum absolute atomic E-state index is 12.4. The molecule has 7 heteroatoms. The van der Waals surface area contributed by atoms with Gasteiger partial charge in [0.05, 0.1) is 26.0 Å². The van der Waals surface area contributed by atoms with Crippen molar-refractivity contribution in [2.24, 2.45) is 5.10 Å². The van der Waals surface area contributed by atoms with Crippen molar-refractivity contribution in [3.8, 4) is 17.2 Å². The van der Waals surface area contributed by atoms with Crippen LogP contribution >= 0.6 is 0 Å². The van der Waals surface area contributed by atoms with Gasteiger partial charge in [0.1, 0.15) is 0 Å². The van der Waals surface area contributed by atoms with Crippen LogP contribution in [0.3, 0.4) is 0 Å². The van der Waals surface area contributed by atoms with Gasteiger partial charge in [0, 0.05) is 18.0 Å². The first-order valence-corrected chi connectivity index (χ1v) is 8.49. The number of hydrogen-bond acceptors (Lipinski definition) is 6. The number of aromatic nitrogens is 1. The van der Waals surface area contributed by atoms with Crippen LogP contribution in [0.1, 0.15) is 36.7 Å². The molecule has 7 nitrogen and oxygen atoms in total. The summed E-state index contributed by atoms with van der Waals surface area (Å²) in [6.45, 7) is 6.94. The average Bonchev–Trinajstić information content (AvgIpc) is 2.65. The predicted molar refractivity (Wildman–Crippen MR) is 99.2 cm³/mol. The van der Waals surface area contributed by atoms with Crippen LogP contribution < -0.4 is 19.6 Å². The fourth-order valence-electron chi connectivity index (χ4n) is 2.20. The number of hydrazone groups is 1. The van der Waals surface area contributed by atoms with Gasteiger partial charge in [0.2, 0.25) is 5.75 Å². The molecule has 0 spiro atoms. The Labute approximate surface area is 153 Å². The molecule has 2 aromatic rings. The van der Waals surface area contributed by atoms with Gasteiger partial charge in [-0.15, -0.1) is 0 Å². The van der Waals surface area contributed by atoms with Crippen LogP contribution in [0.15, 0.2) is 41.8 Å². The van der Waals surface area contributed by atoms with Crippen LogP contribution in [0.2, 0.25) is 0 Å². The van der Waals surface area contributed by atoms with E-state index in [1.54, 1.807) is 42.9 Å². The van der Waals surface area contributed by atoms with Crippen LogP contribution in [-0.4, -0.2) is 36.9 Å². The lowest BCUT2D eigenvalue weighted by atomic mass is 10.1. The van der Waals surface area contributed by atoms with E-state index in [2.05, 4.69) is 15.5 Å². The Morgan fingerprint density at radius 3 is 2.15 bits per heavy atom. The van der Waals surface area contributed by atoms with E-state index in [4.69, 9.17) is 14.2 Å². The number of rotatable bonds is 9. The first-order chi connectivity index (χ1) is 12.7. The summed E-state index contributed by atoms with van der Waals surface area (Å²) in [6, 6.07) is 6.81. The molecule has 2 rings (SSSR count). The highest BCUT2D eigenvalue weighted by molar-refractivity contribution is 5.96. The molecular formula is C19H23N3O4. The summed E-state index contributed by atoms with van der Waals surface area (Å²) < 4.78 is 16.9. The zero-order valence-electron chi connectivity index (χ0n) is 15.2. The summed E-state index contributed by atoms with van der Waals surface area (Å²) in [6.07, 6.45) is 4.85. The SMILES string of the molecule is CCOc1cc(C(=O)NN=Cc2ccncc2)cc(OCC)c1OCC. The topological polar surface area (TPSA) is 82.0 Å². The first-order valence-electron chi connectivity index (χ1n) is 8.49. The van der Waals surface area contributed by atoms with Crippen molar-refractivity contribution in [1.29, 1.82) is 0 Å².